The largest absolute Gasteiger partial charge is 0.384 e. The highest BCUT2D eigenvalue weighted by Crippen LogP contribution is 2.36. The maximum absolute atomic E-state index is 11.5. The Morgan fingerprint density at radius 1 is 1.04 bits per heavy atom. The van der Waals surface area contributed by atoms with Gasteiger partial charge in [0.1, 0.15) is 5.39 Å². The van der Waals surface area contributed by atoms with Gasteiger partial charge in [0, 0.05) is 18.0 Å². The van der Waals surface area contributed by atoms with Crippen molar-refractivity contribution in [2.75, 3.05) is 18.4 Å². The van der Waals surface area contributed by atoms with Crippen LogP contribution >= 0.6 is 0 Å². The van der Waals surface area contributed by atoms with E-state index in [1.165, 1.54) is 6.07 Å². The van der Waals surface area contributed by atoms with Crippen molar-refractivity contribution in [3.8, 4) is 0 Å². The number of pyridine rings is 1. The minimum atomic E-state index is -0.349. The lowest BCUT2D eigenvalue weighted by Gasteiger charge is -2.13. The number of rotatable bonds is 7. The van der Waals surface area contributed by atoms with Crippen LogP contribution in [0.25, 0.3) is 21.8 Å². The molecule has 6 heteroatoms. The van der Waals surface area contributed by atoms with E-state index >= 15 is 0 Å². The molecule has 1 heterocycles. The Hall–Kier alpha value is -2.73. The molecule has 0 aliphatic rings. The molecule has 3 rings (SSSR count). The Bertz CT molecular complexity index is 879. The number of fused-ring (bicyclic) bond motifs is 2. The van der Waals surface area contributed by atoms with Crippen LogP contribution in [0, 0.1) is 10.1 Å². The average Bonchev–Trinajstić information content (AvgIpc) is 2.60. The second kappa shape index (κ2) is 7.23. The lowest BCUT2D eigenvalue weighted by Crippen LogP contribution is -2.06. The first-order valence-corrected chi connectivity index (χ1v) is 8.12. The Morgan fingerprint density at radius 2 is 1.83 bits per heavy atom. The maximum atomic E-state index is 11.5. The number of benzene rings is 2. The van der Waals surface area contributed by atoms with E-state index in [9.17, 15) is 10.1 Å². The molecule has 6 nitrogen and oxygen atoms in total. The van der Waals surface area contributed by atoms with Gasteiger partial charge in [0.15, 0.2) is 0 Å². The van der Waals surface area contributed by atoms with Gasteiger partial charge in [-0.15, -0.1) is 0 Å². The summed E-state index contributed by atoms with van der Waals surface area (Å²) in [6.45, 7) is 1.43. The van der Waals surface area contributed by atoms with Gasteiger partial charge in [0.2, 0.25) is 0 Å². The predicted molar refractivity (Wildman–Crippen MR) is 97.3 cm³/mol. The van der Waals surface area contributed by atoms with E-state index in [1.807, 2.05) is 30.3 Å². The van der Waals surface area contributed by atoms with Crippen LogP contribution < -0.4 is 11.1 Å². The van der Waals surface area contributed by atoms with E-state index in [4.69, 9.17) is 5.73 Å². The number of hydrogen-bond donors (Lipinski definition) is 2. The highest BCUT2D eigenvalue weighted by atomic mass is 16.6. The van der Waals surface area contributed by atoms with E-state index in [-0.39, 0.29) is 10.6 Å². The Labute approximate surface area is 139 Å². The fraction of sp³-hybridized carbons (Fsp3) is 0.278. The smallest absolute Gasteiger partial charge is 0.280 e. The van der Waals surface area contributed by atoms with Gasteiger partial charge in [0.05, 0.1) is 21.6 Å². The summed E-state index contributed by atoms with van der Waals surface area (Å²) in [5.41, 5.74) is 7.85. The molecule has 0 saturated carbocycles. The van der Waals surface area contributed by atoms with Crippen LogP contribution in [0.5, 0.6) is 0 Å². The molecule has 3 N–H and O–H groups in total. The average molecular weight is 324 g/mol. The van der Waals surface area contributed by atoms with Gasteiger partial charge in [-0.1, -0.05) is 30.7 Å². The highest BCUT2D eigenvalue weighted by molar-refractivity contribution is 6.11. The molecule has 2 aromatic carbocycles. The van der Waals surface area contributed by atoms with Crippen molar-refractivity contribution in [3.63, 3.8) is 0 Å². The quantitative estimate of drug-likeness (QED) is 0.298. The van der Waals surface area contributed by atoms with Gasteiger partial charge in [-0.2, -0.15) is 0 Å². The third kappa shape index (κ3) is 3.14. The number of nitro groups is 1. The first-order chi connectivity index (χ1) is 11.7. The standard InChI is InChI=1S/C18H20N4O2/c19-11-4-1-5-12-20-18-13-7-2-3-8-14(13)21-15-9-6-10-16(17(15)18)22(23)24/h2-3,6-10H,1,4-5,11-12,19H2,(H,20,21). The lowest BCUT2D eigenvalue weighted by atomic mass is 10.1. The molecule has 24 heavy (non-hydrogen) atoms. The molecule has 3 aromatic rings. The van der Waals surface area contributed by atoms with Crippen LogP contribution in [0.4, 0.5) is 11.4 Å². The first-order valence-electron chi connectivity index (χ1n) is 8.12. The molecule has 0 fully saturated rings. The van der Waals surface area contributed by atoms with Crippen LogP contribution in [0.3, 0.4) is 0 Å². The number of nitrogens with zero attached hydrogens (tertiary/aromatic N) is 2. The molecular formula is C18H20N4O2. The summed E-state index contributed by atoms with van der Waals surface area (Å²) in [6, 6.07) is 12.7. The molecule has 0 aliphatic carbocycles. The van der Waals surface area contributed by atoms with E-state index in [1.54, 1.807) is 6.07 Å². The van der Waals surface area contributed by atoms with E-state index in [0.29, 0.717) is 17.4 Å². The van der Waals surface area contributed by atoms with Gasteiger partial charge < -0.3 is 11.1 Å². The van der Waals surface area contributed by atoms with Crippen LogP contribution in [-0.4, -0.2) is 23.0 Å². The molecular weight excluding hydrogens is 304 g/mol. The summed E-state index contributed by atoms with van der Waals surface area (Å²) in [6.07, 6.45) is 2.99. The number of nitro benzene ring substituents is 1. The number of para-hydroxylation sites is 1. The number of non-ortho nitro benzene ring substituents is 1. The summed E-state index contributed by atoms with van der Waals surface area (Å²) in [4.78, 5) is 15.7. The van der Waals surface area contributed by atoms with Gasteiger partial charge in [0.25, 0.3) is 5.69 Å². The summed E-state index contributed by atoms with van der Waals surface area (Å²) >= 11 is 0. The predicted octanol–water partition coefficient (Wildman–Crippen LogP) is 3.84. The molecule has 0 atom stereocenters. The number of nitrogens with one attached hydrogen (secondary N) is 1. The second-order valence-corrected chi connectivity index (χ2v) is 5.71. The molecule has 0 spiro atoms. The molecule has 0 saturated heterocycles. The normalized spacial score (nSPS) is 11.0. The highest BCUT2D eigenvalue weighted by Gasteiger charge is 2.18. The van der Waals surface area contributed by atoms with Crippen LogP contribution in [0.15, 0.2) is 42.5 Å². The van der Waals surface area contributed by atoms with E-state index in [0.717, 1.165) is 42.4 Å². The van der Waals surface area contributed by atoms with Crippen LogP contribution in [0.2, 0.25) is 0 Å². The molecule has 0 aliphatic heterocycles. The van der Waals surface area contributed by atoms with Crippen molar-refractivity contribution in [1.82, 2.24) is 4.98 Å². The minimum Gasteiger partial charge on any atom is -0.384 e. The molecule has 0 amide bonds. The van der Waals surface area contributed by atoms with E-state index < -0.39 is 0 Å². The molecule has 0 bridgehead atoms. The van der Waals surface area contributed by atoms with Crippen LogP contribution in [0.1, 0.15) is 19.3 Å². The third-order valence-electron chi connectivity index (χ3n) is 4.06. The number of aromatic nitrogens is 1. The summed E-state index contributed by atoms with van der Waals surface area (Å²) < 4.78 is 0. The Kier molecular flexibility index (Phi) is 4.86. The third-order valence-corrected chi connectivity index (χ3v) is 4.06. The molecule has 1 aromatic heterocycles. The Balaban J connectivity index is 2.11. The van der Waals surface area contributed by atoms with Crippen molar-refractivity contribution in [3.05, 3.63) is 52.6 Å². The van der Waals surface area contributed by atoms with Gasteiger partial charge in [-0.25, -0.2) is 4.98 Å². The second-order valence-electron chi connectivity index (χ2n) is 5.71. The number of hydrogen-bond acceptors (Lipinski definition) is 5. The summed E-state index contributed by atoms with van der Waals surface area (Å²) in [5.74, 6) is 0. The number of anilines is 1. The van der Waals surface area contributed by atoms with Crippen molar-refractivity contribution >= 4 is 33.2 Å². The zero-order chi connectivity index (χ0) is 16.9. The van der Waals surface area contributed by atoms with Crippen molar-refractivity contribution < 1.29 is 4.92 Å². The topological polar surface area (TPSA) is 94.1 Å². The molecule has 0 radical (unpaired) electrons. The zero-order valence-corrected chi connectivity index (χ0v) is 13.4. The SMILES string of the molecule is NCCCCCNc1c2ccccc2nc2cccc([N+](=O)[O-])c12. The fourth-order valence-electron chi connectivity index (χ4n) is 2.92. The molecule has 0 unspecified atom stereocenters. The number of unbranched alkanes of at least 4 members (excludes halogenated alkanes) is 2. The number of nitrogens with two attached hydrogens (primary N) is 1. The summed E-state index contributed by atoms with van der Waals surface area (Å²) in [5, 5.41) is 16.3. The molecule has 124 valence electrons. The van der Waals surface area contributed by atoms with Crippen molar-refractivity contribution in [2.45, 2.75) is 19.3 Å². The minimum absolute atomic E-state index is 0.0789. The fourth-order valence-corrected chi connectivity index (χ4v) is 2.92. The Morgan fingerprint density at radius 3 is 2.62 bits per heavy atom. The first kappa shape index (κ1) is 16.1. The van der Waals surface area contributed by atoms with Gasteiger partial charge in [-0.3, -0.25) is 10.1 Å². The maximum Gasteiger partial charge on any atom is 0.280 e. The van der Waals surface area contributed by atoms with Gasteiger partial charge >= 0.3 is 0 Å². The zero-order valence-electron chi connectivity index (χ0n) is 13.4. The van der Waals surface area contributed by atoms with Gasteiger partial charge in [-0.05, 0) is 31.5 Å². The van der Waals surface area contributed by atoms with Crippen molar-refractivity contribution in [1.29, 1.82) is 0 Å². The monoisotopic (exact) mass is 324 g/mol. The lowest BCUT2D eigenvalue weighted by molar-refractivity contribution is -0.383. The van der Waals surface area contributed by atoms with Crippen LogP contribution in [-0.2, 0) is 0 Å². The summed E-state index contributed by atoms with van der Waals surface area (Å²) in [7, 11) is 0. The van der Waals surface area contributed by atoms with E-state index in [2.05, 4.69) is 10.3 Å². The van der Waals surface area contributed by atoms with Crippen molar-refractivity contribution in [2.24, 2.45) is 5.73 Å².